The fourth-order valence-corrected chi connectivity index (χ4v) is 2.31. The van der Waals surface area contributed by atoms with Crippen LogP contribution in [-0.2, 0) is 9.59 Å². The third-order valence-electron chi connectivity index (χ3n) is 3.38. The van der Waals surface area contributed by atoms with Crippen molar-refractivity contribution < 1.29 is 40.2 Å². The molecule has 0 spiro atoms. The van der Waals surface area contributed by atoms with Gasteiger partial charge in [-0.3, -0.25) is 10.1 Å². The Morgan fingerprint density at radius 2 is 2.00 bits per heavy atom. The first-order valence-electron chi connectivity index (χ1n) is 6.28. The molecule has 2 unspecified atom stereocenters. The molecular weight excluding hydrogens is 288 g/mol. The Balaban J connectivity index is 3.07. The molecule has 1 rings (SSSR count). The van der Waals surface area contributed by atoms with E-state index in [1.807, 2.05) is 0 Å². The van der Waals surface area contributed by atoms with Gasteiger partial charge in [-0.15, -0.1) is 0 Å². The van der Waals surface area contributed by atoms with Crippen molar-refractivity contribution in [3.05, 3.63) is 0 Å². The van der Waals surface area contributed by atoms with Crippen molar-refractivity contribution in [2.45, 2.75) is 49.5 Å². The highest BCUT2D eigenvalue weighted by molar-refractivity contribution is 5.77. The van der Waals surface area contributed by atoms with Gasteiger partial charge in [0.05, 0.1) is 30.9 Å². The molecule has 6 atom stereocenters. The van der Waals surface area contributed by atoms with E-state index >= 15 is 0 Å². The lowest BCUT2D eigenvalue weighted by molar-refractivity contribution is -0.180. The molecule has 8 N–H and O–H groups in total. The van der Waals surface area contributed by atoms with Gasteiger partial charge in [-0.05, 0) is 0 Å². The van der Waals surface area contributed by atoms with E-state index in [9.17, 15) is 30.0 Å². The average molecular weight is 308 g/mol. The van der Waals surface area contributed by atoms with Gasteiger partial charge in [-0.25, -0.2) is 4.79 Å². The van der Waals surface area contributed by atoms with E-state index in [0.717, 1.165) is 6.92 Å². The summed E-state index contributed by atoms with van der Waals surface area (Å²) in [5, 5.41) is 61.5. The second-order valence-electron chi connectivity index (χ2n) is 5.07. The fourth-order valence-electron chi connectivity index (χ4n) is 2.31. The summed E-state index contributed by atoms with van der Waals surface area (Å²) >= 11 is 0. The van der Waals surface area contributed by atoms with Gasteiger partial charge in [0.25, 0.3) is 0 Å². The molecule has 10 nitrogen and oxygen atoms in total. The van der Waals surface area contributed by atoms with Crippen molar-refractivity contribution in [2.75, 3.05) is 6.61 Å². The van der Waals surface area contributed by atoms with Gasteiger partial charge in [0.2, 0.25) is 11.6 Å². The summed E-state index contributed by atoms with van der Waals surface area (Å²) < 4.78 is 0. The van der Waals surface area contributed by atoms with Gasteiger partial charge >= 0.3 is 5.97 Å². The van der Waals surface area contributed by atoms with Crippen LogP contribution in [0.3, 0.4) is 0 Å². The number of aliphatic carboxylic acids is 1. The zero-order chi connectivity index (χ0) is 16.4. The number of hydrogen-bond acceptors (Lipinski definition) is 8. The maximum atomic E-state index is 11.1. The molecule has 0 aliphatic carbocycles. The minimum Gasteiger partial charge on any atom is -0.478 e. The van der Waals surface area contributed by atoms with E-state index in [1.54, 1.807) is 0 Å². The maximum Gasteiger partial charge on any atom is 0.351 e. The Morgan fingerprint density at radius 3 is 2.43 bits per heavy atom. The zero-order valence-electron chi connectivity index (χ0n) is 11.3. The summed E-state index contributed by atoms with van der Waals surface area (Å²) in [6.07, 6.45) is -5.50. The van der Waals surface area contributed by atoms with Crippen LogP contribution in [-0.4, -0.2) is 85.2 Å². The van der Waals surface area contributed by atoms with Crippen molar-refractivity contribution in [1.82, 2.24) is 10.6 Å². The first-order chi connectivity index (χ1) is 9.62. The number of amides is 1. The number of carbonyl (C=O) groups excluding carboxylic acids is 1. The zero-order valence-corrected chi connectivity index (χ0v) is 11.3. The first kappa shape index (κ1) is 17.8. The quantitative estimate of drug-likeness (QED) is 0.249. The van der Waals surface area contributed by atoms with Crippen LogP contribution in [0.25, 0.3) is 0 Å². The minimum absolute atomic E-state index is 0.558. The first-order valence-corrected chi connectivity index (χ1v) is 6.28. The number of rotatable bonds is 5. The van der Waals surface area contributed by atoms with Gasteiger partial charge in [0.1, 0.15) is 6.10 Å². The Hall–Kier alpha value is -1.30. The standard InChI is InChI=1S/C11H20N2O8/c1-4(15)12-7-5(16)2-11(21,10(19)20)13-8(7)9(18)6(17)3-14/h5-9,13-14,16-18,21H,2-3H2,1H3,(H,12,15)(H,19,20)/t5-,6?,7+,8+,9?,11+/m0/s1. The SMILES string of the molecule is CC(=O)N[C@@H]1[C@@H](O)C[C@@](O)(C(=O)O)N[C@H]1C(O)C(O)CO. The lowest BCUT2D eigenvalue weighted by atomic mass is 9.84. The van der Waals surface area contributed by atoms with Crippen molar-refractivity contribution in [2.24, 2.45) is 0 Å². The molecule has 10 heteroatoms. The number of carboxylic acid groups (broad SMARTS) is 1. The summed E-state index contributed by atoms with van der Waals surface area (Å²) in [6.45, 7) is 0.324. The van der Waals surface area contributed by atoms with Crippen LogP contribution in [0.1, 0.15) is 13.3 Å². The van der Waals surface area contributed by atoms with Gasteiger partial charge in [-0.1, -0.05) is 0 Å². The normalized spacial score (nSPS) is 35.8. The number of aliphatic hydroxyl groups excluding tert-OH is 4. The summed E-state index contributed by atoms with van der Waals surface area (Å²) in [5.74, 6) is -2.24. The molecule has 0 aromatic heterocycles. The molecule has 1 heterocycles. The van der Waals surface area contributed by atoms with E-state index in [0.29, 0.717) is 0 Å². The van der Waals surface area contributed by atoms with Crippen LogP contribution in [0.5, 0.6) is 0 Å². The Labute approximate surface area is 120 Å². The summed E-state index contributed by atoms with van der Waals surface area (Å²) in [6, 6.07) is -2.54. The Kier molecular flexibility index (Phi) is 5.61. The Morgan fingerprint density at radius 1 is 1.43 bits per heavy atom. The van der Waals surface area contributed by atoms with E-state index in [-0.39, 0.29) is 0 Å². The molecule has 1 fully saturated rings. The van der Waals surface area contributed by atoms with Crippen molar-refractivity contribution in [3.8, 4) is 0 Å². The van der Waals surface area contributed by atoms with Crippen LogP contribution in [0.2, 0.25) is 0 Å². The summed E-state index contributed by atoms with van der Waals surface area (Å²) in [5.41, 5.74) is -2.53. The van der Waals surface area contributed by atoms with Gasteiger partial charge in [0, 0.05) is 13.3 Å². The van der Waals surface area contributed by atoms with Gasteiger partial charge in [-0.2, -0.15) is 0 Å². The smallest absolute Gasteiger partial charge is 0.351 e. The van der Waals surface area contributed by atoms with Crippen LogP contribution in [0.15, 0.2) is 0 Å². The minimum atomic E-state index is -2.53. The molecule has 1 saturated heterocycles. The number of piperidine rings is 1. The van der Waals surface area contributed by atoms with E-state index < -0.39 is 61.0 Å². The third-order valence-corrected chi connectivity index (χ3v) is 3.38. The number of hydrogen-bond donors (Lipinski definition) is 8. The molecule has 1 aliphatic rings. The largest absolute Gasteiger partial charge is 0.478 e. The lowest BCUT2D eigenvalue weighted by Crippen LogP contribution is -2.74. The highest BCUT2D eigenvalue weighted by atomic mass is 16.4. The molecule has 1 aliphatic heterocycles. The summed E-state index contributed by atoms with van der Waals surface area (Å²) in [4.78, 5) is 22.2. The van der Waals surface area contributed by atoms with Gasteiger partial charge in [0.15, 0.2) is 0 Å². The maximum absolute atomic E-state index is 11.1. The molecule has 0 aromatic rings. The second-order valence-corrected chi connectivity index (χ2v) is 5.07. The molecule has 21 heavy (non-hydrogen) atoms. The molecule has 1 amide bonds. The molecule has 0 radical (unpaired) electrons. The highest BCUT2D eigenvalue weighted by Crippen LogP contribution is 2.24. The van der Waals surface area contributed by atoms with Crippen molar-refractivity contribution in [1.29, 1.82) is 0 Å². The number of carboxylic acids is 1. The lowest BCUT2D eigenvalue weighted by Gasteiger charge is -2.45. The van der Waals surface area contributed by atoms with Crippen LogP contribution in [0.4, 0.5) is 0 Å². The van der Waals surface area contributed by atoms with Crippen molar-refractivity contribution >= 4 is 11.9 Å². The fraction of sp³-hybridized carbons (Fsp3) is 0.818. The van der Waals surface area contributed by atoms with Gasteiger partial charge < -0.3 is 36.0 Å². The van der Waals surface area contributed by atoms with Crippen molar-refractivity contribution in [3.63, 3.8) is 0 Å². The molecule has 0 aromatic carbocycles. The molecule has 122 valence electrons. The van der Waals surface area contributed by atoms with E-state index in [2.05, 4.69) is 10.6 Å². The topological polar surface area (TPSA) is 180 Å². The van der Waals surface area contributed by atoms with E-state index in [4.69, 9.17) is 10.2 Å². The second kappa shape index (κ2) is 6.64. The molecule has 0 bridgehead atoms. The molecular formula is C11H20N2O8. The summed E-state index contributed by atoms with van der Waals surface area (Å²) in [7, 11) is 0. The number of aliphatic hydroxyl groups is 5. The monoisotopic (exact) mass is 308 g/mol. The van der Waals surface area contributed by atoms with Crippen LogP contribution >= 0.6 is 0 Å². The van der Waals surface area contributed by atoms with E-state index in [1.165, 1.54) is 0 Å². The number of carbonyl (C=O) groups is 2. The number of nitrogens with one attached hydrogen (secondary N) is 2. The highest BCUT2D eigenvalue weighted by Gasteiger charge is 2.52. The van der Waals surface area contributed by atoms with Crippen LogP contribution in [0, 0.1) is 0 Å². The predicted molar refractivity (Wildman–Crippen MR) is 66.8 cm³/mol. The molecule has 0 saturated carbocycles. The van der Waals surface area contributed by atoms with Crippen LogP contribution < -0.4 is 10.6 Å². The third kappa shape index (κ3) is 3.87. The predicted octanol–water partition coefficient (Wildman–Crippen LogP) is -4.30. The Bertz CT molecular complexity index is 406. The average Bonchev–Trinajstić information content (AvgIpc) is 2.39.